The molecule has 1 unspecified atom stereocenters. The molecule has 0 radical (unpaired) electrons. The minimum absolute atomic E-state index is 0.106. The third-order valence-corrected chi connectivity index (χ3v) is 10.5. The van der Waals surface area contributed by atoms with Crippen molar-refractivity contribution in [1.29, 1.82) is 0 Å². The third-order valence-electron chi connectivity index (χ3n) is 6.09. The van der Waals surface area contributed by atoms with Gasteiger partial charge in [-0.15, -0.1) is 0 Å². The molecule has 0 amide bonds. The first-order valence-corrected chi connectivity index (χ1v) is 12.6. The highest BCUT2D eigenvalue weighted by Crippen LogP contribution is 2.50. The topological polar surface area (TPSA) is 18.5 Å². The molecule has 2 nitrogen and oxygen atoms in total. The number of hydrogen-bond acceptors (Lipinski definition) is 2. The standard InChI is InChI=1S/C24H28O2Si/c1-23(2,3)27(4,5)26-24(20-12-7-6-8-13-20)17-19-16-15-18-11-9-10-14-21(18)22(19)25-24/h6-16H,17H2,1-5H3. The minimum atomic E-state index is -2.06. The molecular weight excluding hydrogens is 348 g/mol. The summed E-state index contributed by atoms with van der Waals surface area (Å²) in [6.45, 7) is 11.4. The van der Waals surface area contributed by atoms with E-state index in [4.69, 9.17) is 9.16 Å². The molecule has 0 spiro atoms. The maximum absolute atomic E-state index is 6.98. The molecule has 1 aliphatic rings. The first-order valence-electron chi connectivity index (χ1n) is 9.67. The van der Waals surface area contributed by atoms with Gasteiger partial charge >= 0.3 is 0 Å². The summed E-state index contributed by atoms with van der Waals surface area (Å²) in [4.78, 5) is 0. The van der Waals surface area contributed by atoms with Crippen molar-refractivity contribution in [3.63, 3.8) is 0 Å². The van der Waals surface area contributed by atoms with Crippen molar-refractivity contribution < 1.29 is 9.16 Å². The van der Waals surface area contributed by atoms with Crippen LogP contribution in [0.2, 0.25) is 18.1 Å². The lowest BCUT2D eigenvalue weighted by Crippen LogP contribution is -2.50. The van der Waals surface area contributed by atoms with Crippen LogP contribution in [0.25, 0.3) is 10.8 Å². The van der Waals surface area contributed by atoms with Crippen molar-refractivity contribution >= 4 is 19.1 Å². The van der Waals surface area contributed by atoms with E-state index in [9.17, 15) is 0 Å². The Morgan fingerprint density at radius 2 is 1.56 bits per heavy atom. The second-order valence-corrected chi connectivity index (χ2v) is 13.8. The van der Waals surface area contributed by atoms with Gasteiger partial charge in [0, 0.05) is 22.9 Å². The van der Waals surface area contributed by atoms with E-state index in [1.807, 2.05) is 6.07 Å². The zero-order chi connectivity index (χ0) is 19.3. The highest BCUT2D eigenvalue weighted by molar-refractivity contribution is 6.74. The van der Waals surface area contributed by atoms with Crippen LogP contribution in [0.5, 0.6) is 5.75 Å². The predicted octanol–water partition coefficient (Wildman–Crippen LogP) is 6.65. The summed E-state index contributed by atoms with van der Waals surface area (Å²) in [5.74, 6) is 0.215. The lowest BCUT2D eigenvalue weighted by atomic mass is 9.98. The summed E-state index contributed by atoms with van der Waals surface area (Å²) in [5, 5.41) is 2.47. The van der Waals surface area contributed by atoms with Crippen LogP contribution in [0.15, 0.2) is 66.7 Å². The molecule has 0 saturated carbocycles. The summed E-state index contributed by atoms with van der Waals surface area (Å²) >= 11 is 0. The fourth-order valence-electron chi connectivity index (χ4n) is 3.53. The Morgan fingerprint density at radius 1 is 0.889 bits per heavy atom. The predicted molar refractivity (Wildman–Crippen MR) is 115 cm³/mol. The molecule has 3 aromatic carbocycles. The van der Waals surface area contributed by atoms with E-state index in [-0.39, 0.29) is 5.04 Å². The van der Waals surface area contributed by atoms with E-state index in [2.05, 4.69) is 94.5 Å². The van der Waals surface area contributed by atoms with Gasteiger partial charge in [0.05, 0.1) is 0 Å². The van der Waals surface area contributed by atoms with E-state index in [1.165, 1.54) is 10.9 Å². The zero-order valence-electron chi connectivity index (χ0n) is 16.9. The lowest BCUT2D eigenvalue weighted by molar-refractivity contribution is -0.114. The van der Waals surface area contributed by atoms with Crippen LogP contribution in [0.1, 0.15) is 31.9 Å². The van der Waals surface area contributed by atoms with Crippen LogP contribution in [-0.4, -0.2) is 8.32 Å². The van der Waals surface area contributed by atoms with Crippen LogP contribution in [0.4, 0.5) is 0 Å². The molecule has 140 valence electrons. The van der Waals surface area contributed by atoms with Crippen molar-refractivity contribution in [3.05, 3.63) is 77.9 Å². The Labute approximate surface area is 163 Å². The quantitative estimate of drug-likeness (QED) is 0.476. The SMILES string of the molecule is CC(C)(C)[Si](C)(C)OC1(c2ccccc2)Cc2ccc3ccccc3c2O1. The molecule has 0 bridgehead atoms. The molecule has 0 aromatic heterocycles. The fraction of sp³-hybridized carbons (Fsp3) is 0.333. The Hall–Kier alpha value is -2.10. The summed E-state index contributed by atoms with van der Waals surface area (Å²) in [6, 6.07) is 23.2. The Kier molecular flexibility index (Phi) is 4.21. The average Bonchev–Trinajstić information content (AvgIpc) is 3.01. The monoisotopic (exact) mass is 376 g/mol. The Balaban J connectivity index is 1.85. The van der Waals surface area contributed by atoms with Crippen molar-refractivity contribution in [2.45, 2.75) is 51.1 Å². The van der Waals surface area contributed by atoms with Gasteiger partial charge in [-0.25, -0.2) is 0 Å². The highest BCUT2D eigenvalue weighted by atomic mass is 28.4. The normalized spacial score (nSPS) is 19.7. The first kappa shape index (κ1) is 18.3. The van der Waals surface area contributed by atoms with Crippen molar-refractivity contribution in [2.24, 2.45) is 0 Å². The lowest BCUT2D eigenvalue weighted by Gasteiger charge is -2.43. The molecule has 3 aromatic rings. The van der Waals surface area contributed by atoms with Crippen LogP contribution >= 0.6 is 0 Å². The Bertz CT molecular complexity index is 973. The Morgan fingerprint density at radius 3 is 2.26 bits per heavy atom. The van der Waals surface area contributed by atoms with Crippen LogP contribution in [-0.2, 0) is 16.6 Å². The largest absolute Gasteiger partial charge is 0.458 e. The average molecular weight is 377 g/mol. The number of hydrogen-bond donors (Lipinski definition) is 0. The zero-order valence-corrected chi connectivity index (χ0v) is 17.9. The smallest absolute Gasteiger partial charge is 0.232 e. The van der Waals surface area contributed by atoms with Gasteiger partial charge in [-0.3, -0.25) is 0 Å². The van der Waals surface area contributed by atoms with Gasteiger partial charge in [0.2, 0.25) is 5.79 Å². The van der Waals surface area contributed by atoms with E-state index in [0.29, 0.717) is 0 Å². The van der Waals surface area contributed by atoms with Crippen LogP contribution in [0.3, 0.4) is 0 Å². The van der Waals surface area contributed by atoms with Gasteiger partial charge in [-0.2, -0.15) is 0 Å². The summed E-state index contributed by atoms with van der Waals surface area (Å²) in [5.41, 5.74) is 2.31. The molecule has 1 heterocycles. The van der Waals surface area contributed by atoms with Crippen molar-refractivity contribution in [2.75, 3.05) is 0 Å². The van der Waals surface area contributed by atoms with Crippen molar-refractivity contribution in [1.82, 2.24) is 0 Å². The van der Waals surface area contributed by atoms with E-state index in [1.54, 1.807) is 0 Å². The minimum Gasteiger partial charge on any atom is -0.458 e. The molecule has 0 N–H and O–H groups in total. The molecule has 1 atom stereocenters. The molecular formula is C24H28O2Si. The maximum atomic E-state index is 6.98. The van der Waals surface area contributed by atoms with Gasteiger partial charge in [-0.05, 0) is 23.5 Å². The first-order chi connectivity index (χ1) is 12.7. The van der Waals surface area contributed by atoms with Crippen molar-refractivity contribution in [3.8, 4) is 5.75 Å². The van der Waals surface area contributed by atoms with Crippen LogP contribution < -0.4 is 4.74 Å². The van der Waals surface area contributed by atoms with Gasteiger partial charge in [0.1, 0.15) is 5.75 Å². The number of rotatable bonds is 3. The maximum Gasteiger partial charge on any atom is 0.232 e. The molecule has 27 heavy (non-hydrogen) atoms. The molecule has 0 aliphatic carbocycles. The molecule has 0 fully saturated rings. The number of ether oxygens (including phenoxy) is 1. The molecule has 1 aliphatic heterocycles. The van der Waals surface area contributed by atoms with Gasteiger partial charge in [-0.1, -0.05) is 87.5 Å². The fourth-order valence-corrected chi connectivity index (χ4v) is 4.90. The summed E-state index contributed by atoms with van der Waals surface area (Å²) < 4.78 is 13.7. The second kappa shape index (κ2) is 6.22. The van der Waals surface area contributed by atoms with E-state index < -0.39 is 14.1 Å². The third kappa shape index (κ3) is 3.09. The molecule has 0 saturated heterocycles. The van der Waals surface area contributed by atoms with Crippen LogP contribution in [0, 0.1) is 0 Å². The highest BCUT2D eigenvalue weighted by Gasteiger charge is 2.50. The molecule has 4 rings (SSSR count). The van der Waals surface area contributed by atoms with E-state index in [0.717, 1.165) is 23.1 Å². The second-order valence-electron chi connectivity index (χ2n) is 9.04. The van der Waals surface area contributed by atoms with Gasteiger partial charge in [0.15, 0.2) is 8.32 Å². The molecule has 3 heteroatoms. The summed E-state index contributed by atoms with van der Waals surface area (Å²) in [7, 11) is -2.06. The van der Waals surface area contributed by atoms with E-state index >= 15 is 0 Å². The number of fused-ring (bicyclic) bond motifs is 3. The summed E-state index contributed by atoms with van der Waals surface area (Å²) in [6.07, 6.45) is 0.740. The van der Waals surface area contributed by atoms with Gasteiger partial charge in [0.25, 0.3) is 0 Å². The van der Waals surface area contributed by atoms with Gasteiger partial charge < -0.3 is 9.16 Å². The number of benzene rings is 3.